The summed E-state index contributed by atoms with van der Waals surface area (Å²) in [7, 11) is 0. The number of ether oxygens (including phenoxy) is 3. The van der Waals surface area contributed by atoms with Gasteiger partial charge in [-0.05, 0) is 86.7 Å². The van der Waals surface area contributed by atoms with Crippen molar-refractivity contribution in [2.24, 2.45) is 17.3 Å². The van der Waals surface area contributed by atoms with Crippen LogP contribution in [-0.2, 0) is 26.6 Å². The van der Waals surface area contributed by atoms with Crippen LogP contribution in [-0.4, -0.2) is 50.6 Å². The molecule has 5 rings (SSSR count). The molecule has 0 radical (unpaired) electrons. The number of halogens is 7. The van der Waals surface area contributed by atoms with E-state index in [1.165, 1.54) is 19.1 Å². The van der Waals surface area contributed by atoms with Crippen LogP contribution in [0.5, 0.6) is 0 Å². The van der Waals surface area contributed by atoms with Gasteiger partial charge in [0.05, 0.1) is 43.0 Å². The van der Waals surface area contributed by atoms with Gasteiger partial charge >= 0.3 is 12.4 Å². The van der Waals surface area contributed by atoms with Crippen LogP contribution in [0.15, 0.2) is 42.5 Å². The Morgan fingerprint density at radius 3 is 2.23 bits per heavy atom. The van der Waals surface area contributed by atoms with E-state index in [2.05, 4.69) is 10.8 Å². The Kier molecular flexibility index (Phi) is 9.15. The van der Waals surface area contributed by atoms with Crippen molar-refractivity contribution in [3.63, 3.8) is 0 Å². The number of hydrogen-bond donors (Lipinski definition) is 0. The topological polar surface area (TPSA) is 30.9 Å². The fourth-order valence-electron chi connectivity index (χ4n) is 6.67. The second-order valence-electron chi connectivity index (χ2n) is 11.9. The molecule has 2 aromatic rings. The molecule has 2 aromatic carbocycles. The average Bonchev–Trinajstić information content (AvgIpc) is 3.36. The average molecular weight is 614 g/mol. The number of likely N-dealkylation sites (tertiary alicyclic amines) is 1. The first kappa shape index (κ1) is 31.8. The zero-order chi connectivity index (χ0) is 31.0. The summed E-state index contributed by atoms with van der Waals surface area (Å²) in [5, 5.41) is 0. The first-order valence-corrected chi connectivity index (χ1v) is 14.4. The van der Waals surface area contributed by atoms with Crippen molar-refractivity contribution in [1.29, 1.82) is 0 Å². The Morgan fingerprint density at radius 2 is 1.65 bits per heavy atom. The van der Waals surface area contributed by atoms with Gasteiger partial charge in [0.25, 0.3) is 0 Å². The van der Waals surface area contributed by atoms with Crippen molar-refractivity contribution in [3.8, 4) is 12.3 Å². The Bertz CT molecular complexity index is 1260. The van der Waals surface area contributed by atoms with E-state index in [0.717, 1.165) is 25.9 Å². The zero-order valence-corrected chi connectivity index (χ0v) is 23.7. The molecule has 43 heavy (non-hydrogen) atoms. The third kappa shape index (κ3) is 7.03. The van der Waals surface area contributed by atoms with Gasteiger partial charge in [-0.1, -0.05) is 12.1 Å². The summed E-state index contributed by atoms with van der Waals surface area (Å²) in [5.74, 6) is 2.07. The molecule has 3 aliphatic heterocycles. The van der Waals surface area contributed by atoms with Crippen LogP contribution in [0.25, 0.3) is 0 Å². The first-order chi connectivity index (χ1) is 20.3. The molecule has 3 fully saturated rings. The van der Waals surface area contributed by atoms with Crippen molar-refractivity contribution in [3.05, 3.63) is 70.5 Å². The monoisotopic (exact) mass is 613 g/mol. The van der Waals surface area contributed by atoms with Crippen LogP contribution in [0.2, 0.25) is 0 Å². The molecular weight excluding hydrogens is 579 g/mol. The van der Waals surface area contributed by atoms with Crippen LogP contribution in [0.3, 0.4) is 0 Å². The van der Waals surface area contributed by atoms with Gasteiger partial charge in [0.15, 0.2) is 6.29 Å². The SMILES string of the molecule is C#CC1COCC12CCN(CC1CCO[C@H](O[C@H](C)c3cc(C(F)(F)F)cc(C(F)(F)F)c3)[C@H]1c1ccc(F)cc1)CC2. The maximum atomic E-state index is 13.8. The Morgan fingerprint density at radius 1 is 1.02 bits per heavy atom. The minimum Gasteiger partial charge on any atom is -0.380 e. The molecular formula is C32H34F7NO3. The maximum absolute atomic E-state index is 13.8. The van der Waals surface area contributed by atoms with E-state index in [0.29, 0.717) is 50.5 Å². The second-order valence-corrected chi connectivity index (χ2v) is 11.9. The van der Waals surface area contributed by atoms with E-state index in [4.69, 9.17) is 20.6 Å². The zero-order valence-electron chi connectivity index (χ0n) is 23.7. The minimum absolute atomic E-state index is 0.0269. The van der Waals surface area contributed by atoms with Gasteiger partial charge in [-0.15, -0.1) is 12.3 Å². The van der Waals surface area contributed by atoms with Crippen molar-refractivity contribution >= 4 is 0 Å². The molecule has 2 unspecified atom stereocenters. The molecule has 3 saturated heterocycles. The molecule has 3 aliphatic rings. The van der Waals surface area contributed by atoms with Crippen LogP contribution in [0, 0.1) is 35.4 Å². The molecule has 11 heteroatoms. The summed E-state index contributed by atoms with van der Waals surface area (Å²) in [6.07, 6.45) is -3.90. The number of terminal acetylenes is 1. The Balaban J connectivity index is 1.37. The fraction of sp³-hybridized carbons (Fsp3) is 0.562. The standard InChI is InChI=1S/C32H34F7NO3/c1-3-24-18-41-19-30(24)9-11-40(12-10-30)17-22-8-13-42-29(28(22)21-4-6-27(33)7-5-21)43-20(2)23-14-25(31(34,35)36)16-26(15-23)32(37,38)39/h1,4-7,14-16,20,22,24,28-29H,8-13,17-19H2,2H3/t20-,22?,24?,28+,29-/m1/s1. The van der Waals surface area contributed by atoms with Gasteiger partial charge in [-0.2, -0.15) is 26.3 Å². The lowest BCUT2D eigenvalue weighted by molar-refractivity contribution is -0.210. The van der Waals surface area contributed by atoms with Gasteiger partial charge < -0.3 is 19.1 Å². The highest BCUT2D eigenvalue weighted by Crippen LogP contribution is 2.45. The molecule has 0 aromatic heterocycles. The van der Waals surface area contributed by atoms with E-state index < -0.39 is 47.6 Å². The summed E-state index contributed by atoms with van der Waals surface area (Å²) in [6.45, 7) is 5.18. The Labute approximate surface area is 246 Å². The van der Waals surface area contributed by atoms with Gasteiger partial charge in [0.1, 0.15) is 5.82 Å². The number of piperidine rings is 1. The lowest BCUT2D eigenvalue weighted by Gasteiger charge is -2.45. The number of hydrogen-bond acceptors (Lipinski definition) is 4. The molecule has 0 bridgehead atoms. The number of nitrogens with zero attached hydrogens (tertiary/aromatic N) is 1. The number of benzene rings is 2. The predicted octanol–water partition coefficient (Wildman–Crippen LogP) is 7.45. The van der Waals surface area contributed by atoms with Gasteiger partial charge in [0.2, 0.25) is 0 Å². The summed E-state index contributed by atoms with van der Waals surface area (Å²) in [5.41, 5.74) is -2.40. The highest BCUT2D eigenvalue weighted by Gasteiger charge is 2.46. The van der Waals surface area contributed by atoms with E-state index >= 15 is 0 Å². The molecule has 5 atom stereocenters. The smallest absolute Gasteiger partial charge is 0.380 e. The number of alkyl halides is 6. The third-order valence-corrected chi connectivity index (χ3v) is 9.20. The van der Waals surface area contributed by atoms with Gasteiger partial charge in [-0.3, -0.25) is 0 Å². The lowest BCUT2D eigenvalue weighted by atomic mass is 9.71. The highest BCUT2D eigenvalue weighted by atomic mass is 19.4. The van der Waals surface area contributed by atoms with Crippen molar-refractivity contribution in [2.75, 3.05) is 39.5 Å². The first-order valence-electron chi connectivity index (χ1n) is 14.4. The van der Waals surface area contributed by atoms with Crippen molar-refractivity contribution < 1.29 is 44.9 Å². The van der Waals surface area contributed by atoms with E-state index in [9.17, 15) is 30.7 Å². The highest BCUT2D eigenvalue weighted by molar-refractivity contribution is 5.35. The maximum Gasteiger partial charge on any atom is 0.416 e. The van der Waals surface area contributed by atoms with Crippen LogP contribution >= 0.6 is 0 Å². The molecule has 0 amide bonds. The van der Waals surface area contributed by atoms with Crippen LogP contribution in [0.4, 0.5) is 30.7 Å². The fourth-order valence-corrected chi connectivity index (χ4v) is 6.67. The van der Waals surface area contributed by atoms with E-state index in [-0.39, 0.29) is 28.9 Å². The third-order valence-electron chi connectivity index (χ3n) is 9.20. The second kappa shape index (κ2) is 12.4. The van der Waals surface area contributed by atoms with Crippen LogP contribution < -0.4 is 0 Å². The molecule has 0 aliphatic carbocycles. The molecule has 1 spiro atoms. The van der Waals surface area contributed by atoms with Gasteiger partial charge in [-0.25, -0.2) is 4.39 Å². The largest absolute Gasteiger partial charge is 0.416 e. The normalized spacial score (nSPS) is 27.2. The molecule has 0 saturated carbocycles. The van der Waals surface area contributed by atoms with Crippen molar-refractivity contribution in [2.45, 2.75) is 56.9 Å². The Hall–Kier alpha value is -2.65. The summed E-state index contributed by atoms with van der Waals surface area (Å²) in [6, 6.07) is 7.31. The lowest BCUT2D eigenvalue weighted by Crippen LogP contribution is -2.47. The summed E-state index contributed by atoms with van der Waals surface area (Å²) < 4.78 is 113. The van der Waals surface area contributed by atoms with E-state index in [1.54, 1.807) is 12.1 Å². The van der Waals surface area contributed by atoms with E-state index in [1.807, 2.05) is 0 Å². The molecule has 234 valence electrons. The summed E-state index contributed by atoms with van der Waals surface area (Å²) in [4.78, 5) is 2.34. The predicted molar refractivity (Wildman–Crippen MR) is 144 cm³/mol. The molecule has 3 heterocycles. The minimum atomic E-state index is -4.98. The van der Waals surface area contributed by atoms with Crippen LogP contribution in [0.1, 0.15) is 60.5 Å². The summed E-state index contributed by atoms with van der Waals surface area (Å²) >= 11 is 0. The molecule has 0 N–H and O–H groups in total. The number of rotatable bonds is 6. The quantitative estimate of drug-likeness (QED) is 0.250. The van der Waals surface area contributed by atoms with Gasteiger partial charge in [0, 0.05) is 17.9 Å². The van der Waals surface area contributed by atoms with Crippen molar-refractivity contribution in [1.82, 2.24) is 4.90 Å². The molecule has 4 nitrogen and oxygen atoms in total.